The van der Waals surface area contributed by atoms with Crippen molar-refractivity contribution in [3.05, 3.63) is 33.5 Å². The molecule has 0 saturated carbocycles. The second-order valence-electron chi connectivity index (χ2n) is 5.10. The van der Waals surface area contributed by atoms with E-state index in [0.717, 1.165) is 34.4 Å². The fourth-order valence-electron chi connectivity index (χ4n) is 2.35. The van der Waals surface area contributed by atoms with Crippen LogP contribution in [0.2, 0.25) is 5.02 Å². The average molecular weight is 357 g/mol. The topological polar surface area (TPSA) is 43.8 Å². The number of aryl methyl sites for hydroxylation is 1. The second-order valence-corrected chi connectivity index (χ2v) is 6.39. The van der Waals surface area contributed by atoms with Crippen LogP contribution in [-0.2, 0) is 6.42 Å². The third-order valence-corrected chi connectivity index (χ3v) is 4.12. The van der Waals surface area contributed by atoms with Crippen LogP contribution in [0.1, 0.15) is 39.1 Å². The van der Waals surface area contributed by atoms with Crippen molar-refractivity contribution < 1.29 is 0 Å². The number of nitrogens with two attached hydrogens (primary N) is 1. The average Bonchev–Trinajstić information content (AvgIpc) is 2.70. The Kier molecular flexibility index (Phi) is 4.76. The molecule has 0 unspecified atom stereocenters. The minimum atomic E-state index is 0.288. The van der Waals surface area contributed by atoms with Crippen molar-refractivity contribution in [2.24, 2.45) is 0 Å². The quantitative estimate of drug-likeness (QED) is 0.830. The standard InChI is InChI=1S/C15H19BrClN3/c1-4-5-13-19-14(15(18)20(13)9(2)3)11-8-10(17)6-7-12(11)16/h6-9H,4-5,18H2,1-3H3. The molecule has 0 atom stereocenters. The van der Waals surface area contributed by atoms with Gasteiger partial charge in [0.2, 0.25) is 0 Å². The molecule has 5 heteroatoms. The summed E-state index contributed by atoms with van der Waals surface area (Å²) in [6.45, 7) is 6.38. The first kappa shape index (κ1) is 15.4. The van der Waals surface area contributed by atoms with E-state index >= 15 is 0 Å². The van der Waals surface area contributed by atoms with Gasteiger partial charge >= 0.3 is 0 Å². The first-order chi connectivity index (χ1) is 9.45. The van der Waals surface area contributed by atoms with Gasteiger partial charge in [0.05, 0.1) is 0 Å². The number of halogens is 2. The van der Waals surface area contributed by atoms with Gasteiger partial charge in [-0.15, -0.1) is 0 Å². The molecule has 1 heterocycles. The summed E-state index contributed by atoms with van der Waals surface area (Å²) in [7, 11) is 0. The number of rotatable bonds is 4. The predicted octanol–water partition coefficient (Wildman–Crippen LogP) is 5.08. The first-order valence-corrected chi connectivity index (χ1v) is 7.94. The molecule has 0 aliphatic heterocycles. The maximum atomic E-state index is 6.32. The van der Waals surface area contributed by atoms with Crippen LogP contribution in [0, 0.1) is 0 Å². The molecule has 1 aromatic heterocycles. The number of hydrogen-bond acceptors (Lipinski definition) is 2. The number of nitrogen functional groups attached to an aromatic ring is 1. The van der Waals surface area contributed by atoms with Crippen LogP contribution in [0.4, 0.5) is 5.82 Å². The summed E-state index contributed by atoms with van der Waals surface area (Å²) in [5.74, 6) is 1.73. The monoisotopic (exact) mass is 355 g/mol. The minimum Gasteiger partial charge on any atom is -0.383 e. The fourth-order valence-corrected chi connectivity index (χ4v) is 2.95. The smallest absolute Gasteiger partial charge is 0.132 e. The Hall–Kier alpha value is -1.00. The van der Waals surface area contributed by atoms with Crippen molar-refractivity contribution in [1.29, 1.82) is 0 Å². The minimum absolute atomic E-state index is 0.288. The van der Waals surface area contributed by atoms with Crippen LogP contribution in [0.5, 0.6) is 0 Å². The van der Waals surface area contributed by atoms with Gasteiger partial charge in [-0.05, 0) is 38.5 Å². The predicted molar refractivity (Wildman–Crippen MR) is 89.2 cm³/mol. The second kappa shape index (κ2) is 6.19. The SMILES string of the molecule is CCCc1nc(-c2cc(Cl)ccc2Br)c(N)n1C(C)C. The van der Waals surface area contributed by atoms with E-state index in [4.69, 9.17) is 22.3 Å². The summed E-state index contributed by atoms with van der Waals surface area (Å²) < 4.78 is 3.05. The van der Waals surface area contributed by atoms with Gasteiger partial charge in [0, 0.05) is 27.5 Å². The molecule has 0 bridgehead atoms. The fraction of sp³-hybridized carbons (Fsp3) is 0.400. The summed E-state index contributed by atoms with van der Waals surface area (Å²) in [5.41, 5.74) is 8.06. The molecular weight excluding hydrogens is 338 g/mol. The van der Waals surface area contributed by atoms with Crippen molar-refractivity contribution in [2.75, 3.05) is 5.73 Å². The largest absolute Gasteiger partial charge is 0.383 e. The van der Waals surface area contributed by atoms with E-state index in [1.807, 2.05) is 18.2 Å². The van der Waals surface area contributed by atoms with Crippen molar-refractivity contribution in [2.45, 2.75) is 39.7 Å². The molecule has 3 nitrogen and oxygen atoms in total. The van der Waals surface area contributed by atoms with Gasteiger partial charge < -0.3 is 10.3 Å². The lowest BCUT2D eigenvalue weighted by Crippen LogP contribution is -2.09. The molecule has 0 spiro atoms. The lowest BCUT2D eigenvalue weighted by atomic mass is 10.1. The molecule has 0 aliphatic carbocycles. The summed E-state index contributed by atoms with van der Waals surface area (Å²) in [6, 6.07) is 5.95. The Morgan fingerprint density at radius 3 is 2.70 bits per heavy atom. The Morgan fingerprint density at radius 2 is 2.10 bits per heavy atom. The molecule has 0 amide bonds. The van der Waals surface area contributed by atoms with Gasteiger partial charge in [0.1, 0.15) is 17.3 Å². The van der Waals surface area contributed by atoms with E-state index in [1.54, 1.807) is 0 Å². The summed E-state index contributed by atoms with van der Waals surface area (Å²) in [4.78, 5) is 4.74. The van der Waals surface area contributed by atoms with E-state index < -0.39 is 0 Å². The highest BCUT2D eigenvalue weighted by molar-refractivity contribution is 9.10. The van der Waals surface area contributed by atoms with E-state index in [1.165, 1.54) is 0 Å². The summed E-state index contributed by atoms with van der Waals surface area (Å²) >= 11 is 9.64. The van der Waals surface area contributed by atoms with Gasteiger partial charge in [0.15, 0.2) is 0 Å². The van der Waals surface area contributed by atoms with Crippen LogP contribution >= 0.6 is 27.5 Å². The molecule has 2 aromatic rings. The number of anilines is 1. The third-order valence-electron chi connectivity index (χ3n) is 3.19. The first-order valence-electron chi connectivity index (χ1n) is 6.77. The zero-order valence-electron chi connectivity index (χ0n) is 12.0. The number of nitrogens with zero attached hydrogens (tertiary/aromatic N) is 2. The van der Waals surface area contributed by atoms with Crippen LogP contribution in [0.3, 0.4) is 0 Å². The molecule has 2 rings (SSSR count). The molecule has 0 radical (unpaired) electrons. The number of aromatic nitrogens is 2. The van der Waals surface area contributed by atoms with Crippen molar-refractivity contribution in [3.63, 3.8) is 0 Å². The van der Waals surface area contributed by atoms with Gasteiger partial charge in [-0.2, -0.15) is 0 Å². The highest BCUT2D eigenvalue weighted by Gasteiger charge is 2.19. The molecule has 1 aromatic carbocycles. The maximum absolute atomic E-state index is 6.32. The number of benzene rings is 1. The van der Waals surface area contributed by atoms with Gasteiger partial charge in [0.25, 0.3) is 0 Å². The molecule has 0 fully saturated rings. The number of imidazole rings is 1. The highest BCUT2D eigenvalue weighted by Crippen LogP contribution is 2.35. The van der Waals surface area contributed by atoms with Crippen LogP contribution < -0.4 is 5.73 Å². The summed E-state index contributed by atoms with van der Waals surface area (Å²) in [5, 5.41) is 0.679. The molecule has 20 heavy (non-hydrogen) atoms. The van der Waals surface area contributed by atoms with Gasteiger partial charge in [-0.25, -0.2) is 4.98 Å². The van der Waals surface area contributed by atoms with Crippen molar-refractivity contribution in [1.82, 2.24) is 9.55 Å². The molecule has 108 valence electrons. The van der Waals surface area contributed by atoms with E-state index in [2.05, 4.69) is 41.3 Å². The van der Waals surface area contributed by atoms with Crippen LogP contribution in [0.25, 0.3) is 11.3 Å². The Morgan fingerprint density at radius 1 is 1.40 bits per heavy atom. The Balaban J connectivity index is 2.63. The highest BCUT2D eigenvalue weighted by atomic mass is 79.9. The molecule has 2 N–H and O–H groups in total. The lowest BCUT2D eigenvalue weighted by molar-refractivity contribution is 0.571. The Bertz CT molecular complexity index is 620. The van der Waals surface area contributed by atoms with Crippen LogP contribution in [0.15, 0.2) is 22.7 Å². The maximum Gasteiger partial charge on any atom is 0.132 e. The van der Waals surface area contributed by atoms with Crippen LogP contribution in [-0.4, -0.2) is 9.55 Å². The molecule has 0 aliphatic rings. The van der Waals surface area contributed by atoms with Crippen molar-refractivity contribution >= 4 is 33.3 Å². The normalized spacial score (nSPS) is 11.3. The zero-order chi connectivity index (χ0) is 14.9. The van der Waals surface area contributed by atoms with E-state index in [9.17, 15) is 0 Å². The van der Waals surface area contributed by atoms with E-state index in [0.29, 0.717) is 10.8 Å². The van der Waals surface area contributed by atoms with E-state index in [-0.39, 0.29) is 6.04 Å². The number of hydrogen-bond donors (Lipinski definition) is 1. The van der Waals surface area contributed by atoms with Crippen molar-refractivity contribution in [3.8, 4) is 11.3 Å². The van der Waals surface area contributed by atoms with Gasteiger partial charge in [-0.1, -0.05) is 34.5 Å². The van der Waals surface area contributed by atoms with Gasteiger partial charge in [-0.3, -0.25) is 0 Å². The summed E-state index contributed by atoms with van der Waals surface area (Å²) in [6.07, 6.45) is 1.96. The lowest BCUT2D eigenvalue weighted by Gasteiger charge is -2.13. The molecular formula is C15H19BrClN3. The zero-order valence-corrected chi connectivity index (χ0v) is 14.3. The molecule has 0 saturated heterocycles. The Labute approximate surface area is 133 Å². The third kappa shape index (κ3) is 2.86.